The molecule has 748 valence electrons. The number of amides is 5. The van der Waals surface area contributed by atoms with Gasteiger partial charge in [0.15, 0.2) is 29.1 Å². The van der Waals surface area contributed by atoms with Crippen LogP contribution in [0.4, 0.5) is 68.2 Å². The van der Waals surface area contributed by atoms with Crippen LogP contribution in [-0.4, -0.2) is 286 Å². The number of carbonyl (C=O) groups is 5. The molecule has 6 aliphatic heterocycles. The molecule has 0 radical (unpaired) electrons. The topological polar surface area (TPSA) is 473 Å². The molecule has 13 aromatic heterocycles. The second-order valence-electron chi connectivity index (χ2n) is 34.5. The summed E-state index contributed by atoms with van der Waals surface area (Å²) in [6, 6.07) is 47.0. The first-order valence-electron chi connectivity index (χ1n) is 48.3. The van der Waals surface area contributed by atoms with E-state index in [0.717, 1.165) is 240 Å². The minimum absolute atomic E-state index is 0.284. The maximum absolute atomic E-state index is 13.0. The Kier molecular flexibility index (Phi) is 33.9. The number of halogens is 1. The largest absolute Gasteiger partial charge is 0.472 e. The second kappa shape index (κ2) is 49.8. The maximum atomic E-state index is 13.0. The quantitative estimate of drug-likeness (QED) is 0.0300. The zero-order chi connectivity index (χ0) is 101. The minimum atomic E-state index is -0.304. The molecule has 5 amide bonds. The molecule has 0 atom stereocenters. The molecule has 42 heteroatoms. The number of nitrogens with one attached hydrogen (secondary N) is 11. The smallest absolute Gasteiger partial charge is 0.274 e. The molecule has 0 bridgehead atoms. The Labute approximate surface area is 855 Å². The van der Waals surface area contributed by atoms with Gasteiger partial charge in [-0.2, -0.15) is 0 Å². The van der Waals surface area contributed by atoms with Crippen molar-refractivity contribution in [2.45, 2.75) is 0 Å². The highest BCUT2D eigenvalue weighted by Gasteiger charge is 2.27. The summed E-state index contributed by atoms with van der Waals surface area (Å²) in [5, 5.41) is 32.5. The van der Waals surface area contributed by atoms with Gasteiger partial charge in [0.1, 0.15) is 34.7 Å². The van der Waals surface area contributed by atoms with E-state index in [4.69, 9.17) is 9.15 Å². The van der Waals surface area contributed by atoms with E-state index >= 15 is 0 Å². The van der Waals surface area contributed by atoms with Gasteiger partial charge in [-0.3, -0.25) is 53.9 Å². The summed E-state index contributed by atoms with van der Waals surface area (Å²) in [7, 11) is 3.96. The fourth-order valence-corrected chi connectivity index (χ4v) is 17.4. The summed E-state index contributed by atoms with van der Waals surface area (Å²) >= 11 is 3.48. The van der Waals surface area contributed by atoms with Crippen LogP contribution in [0.2, 0.25) is 0 Å². The van der Waals surface area contributed by atoms with E-state index in [0.29, 0.717) is 80.3 Å². The molecule has 6 aliphatic rings. The second-order valence-corrected chi connectivity index (χ2v) is 35.4. The normalized spacial score (nSPS) is 14.6. The summed E-state index contributed by atoms with van der Waals surface area (Å²) < 4.78 is 11.5. The number of fused-ring (bicyclic) bond motifs is 1. The van der Waals surface area contributed by atoms with Crippen LogP contribution < -0.4 is 87.5 Å². The van der Waals surface area contributed by atoms with Crippen molar-refractivity contribution in [2.24, 2.45) is 0 Å². The Bertz CT molecular complexity index is 7140. The van der Waals surface area contributed by atoms with Crippen LogP contribution in [0.25, 0.3) is 68.0 Å². The van der Waals surface area contributed by atoms with E-state index < -0.39 is 0 Å². The molecule has 6 saturated heterocycles. The van der Waals surface area contributed by atoms with E-state index in [1.807, 2.05) is 116 Å². The number of nitrogens with zero attached hydrogens (tertiary/aromatic N) is 23. The van der Waals surface area contributed by atoms with Gasteiger partial charge in [-0.05, 0) is 140 Å². The molecule has 3 aromatic carbocycles. The van der Waals surface area contributed by atoms with Crippen LogP contribution in [0.3, 0.4) is 0 Å². The van der Waals surface area contributed by atoms with Gasteiger partial charge in [-0.25, -0.2) is 49.8 Å². The third-order valence-corrected chi connectivity index (χ3v) is 25.1. The first-order valence-corrected chi connectivity index (χ1v) is 49.1. The lowest BCUT2D eigenvalue weighted by molar-refractivity contribution is 0.101. The van der Waals surface area contributed by atoms with E-state index in [9.17, 15) is 24.0 Å². The Morgan fingerprint density at radius 2 is 0.680 bits per heavy atom. The average Bonchev–Trinajstić information content (AvgIpc) is 1.72. The monoisotopic (exact) mass is 2040 g/mol. The van der Waals surface area contributed by atoms with E-state index in [1.165, 1.54) is 0 Å². The predicted molar refractivity (Wildman–Crippen MR) is 571 cm³/mol. The van der Waals surface area contributed by atoms with Gasteiger partial charge >= 0.3 is 0 Å². The summed E-state index contributed by atoms with van der Waals surface area (Å²) in [5.41, 5.74) is 16.8. The fourth-order valence-electron chi connectivity index (χ4n) is 17.0. The molecular weight excluding hydrogens is 1930 g/mol. The number of ether oxygens (including phenoxy) is 1. The highest BCUT2D eigenvalue weighted by atomic mass is 79.9. The third kappa shape index (κ3) is 26.5. The van der Waals surface area contributed by atoms with E-state index in [2.05, 4.69) is 195 Å². The van der Waals surface area contributed by atoms with Crippen molar-refractivity contribution in [1.29, 1.82) is 0 Å². The highest BCUT2D eigenvalue weighted by molar-refractivity contribution is 9.10. The van der Waals surface area contributed by atoms with Crippen LogP contribution >= 0.6 is 15.9 Å². The highest BCUT2D eigenvalue weighted by Crippen LogP contribution is 2.34. The number of anilines is 12. The number of hydrogen-bond donors (Lipinski definition) is 11. The Morgan fingerprint density at radius 1 is 0.327 bits per heavy atom. The number of aromatic amines is 1. The van der Waals surface area contributed by atoms with Gasteiger partial charge in [0.05, 0.1) is 119 Å². The van der Waals surface area contributed by atoms with Crippen molar-refractivity contribution < 1.29 is 33.1 Å². The number of furan rings is 1. The summed E-state index contributed by atoms with van der Waals surface area (Å²) in [6.07, 6.45) is 31.4. The van der Waals surface area contributed by atoms with Crippen LogP contribution in [-0.2, 0) is 4.74 Å². The number of H-pyrrole nitrogens is 1. The van der Waals surface area contributed by atoms with E-state index in [-0.39, 0.29) is 35.2 Å². The molecule has 19 heterocycles. The number of piperazine rings is 5. The Morgan fingerprint density at radius 3 is 1.05 bits per heavy atom. The lowest BCUT2D eigenvalue weighted by atomic mass is 10.1. The molecule has 0 aliphatic carbocycles. The van der Waals surface area contributed by atoms with Crippen molar-refractivity contribution >= 4 is 125 Å². The molecule has 11 N–H and O–H groups in total. The number of morpholine rings is 1. The number of carbonyl (C=O) groups excluding carboxylic acids is 5. The predicted octanol–water partition coefficient (Wildman–Crippen LogP) is 11.1. The van der Waals surface area contributed by atoms with Crippen molar-refractivity contribution in [3.05, 3.63) is 302 Å². The van der Waals surface area contributed by atoms with Gasteiger partial charge < -0.3 is 102 Å². The van der Waals surface area contributed by atoms with Crippen molar-refractivity contribution in [1.82, 2.24) is 111 Å². The van der Waals surface area contributed by atoms with E-state index in [1.54, 1.807) is 160 Å². The molecule has 6 fully saturated rings. The molecule has 22 rings (SSSR count). The number of pyridine rings is 6. The summed E-state index contributed by atoms with van der Waals surface area (Å²) in [6.45, 7) is 21.2. The zero-order valence-corrected chi connectivity index (χ0v) is 82.5. The van der Waals surface area contributed by atoms with Gasteiger partial charge in [0.25, 0.3) is 29.5 Å². The molecule has 147 heavy (non-hydrogen) atoms. The number of benzene rings is 3. The van der Waals surface area contributed by atoms with Gasteiger partial charge in [-0.1, -0.05) is 28.1 Å². The molecule has 0 spiro atoms. The molecule has 0 unspecified atom stereocenters. The average molecular weight is 2040 g/mol. The van der Waals surface area contributed by atoms with Crippen LogP contribution in [0.5, 0.6) is 0 Å². The Balaban J connectivity index is 0.000000121. The van der Waals surface area contributed by atoms with Gasteiger partial charge in [0.2, 0.25) is 0 Å². The molecule has 0 saturated carbocycles. The maximum Gasteiger partial charge on any atom is 0.274 e. The number of hydrogen-bond acceptors (Lipinski definition) is 35. The zero-order valence-electron chi connectivity index (χ0n) is 80.9. The minimum Gasteiger partial charge on any atom is -0.472 e. The lowest BCUT2D eigenvalue weighted by Crippen LogP contribution is -2.43. The van der Waals surface area contributed by atoms with Crippen molar-refractivity contribution in [3.8, 4) is 57.1 Å². The molecule has 16 aromatic rings. The van der Waals surface area contributed by atoms with Gasteiger partial charge in [-0.15, -0.1) is 0 Å². The Hall–Kier alpha value is -17.0. The number of aromatic nitrogens is 17. The van der Waals surface area contributed by atoms with Crippen LogP contribution in [0, 0.1) is 0 Å². The van der Waals surface area contributed by atoms with Gasteiger partial charge in [0, 0.05) is 276 Å². The molecular formula is C105H109BrN34O7. The van der Waals surface area contributed by atoms with Crippen LogP contribution in [0.15, 0.2) is 278 Å². The SMILES string of the molecule is CN(C)c1cccc(-c2nccc(C(=O)Nc3cnccc3N3CCNCC3)n2)c1.O=C(Nc1cnccc1N1CCNCC1)c1ccnc(-c2cc3cc(Br)ccc3[nH]2)n1.O=C(Nc1cnccc1N1CCNCC1)c1ccnc(-c2ccc(N3CCOCC3)cc2)n1.O=C(Nc1cnccc1N1CCNCC1)c1ccnc(-c2cccnc2)n1.O=C(Nc1cnccc1N1CCNCC1)c1ccnc(-c2ccoc2)n1. The number of rotatable bonds is 22. The summed E-state index contributed by atoms with van der Waals surface area (Å²) in [5.74, 6) is 0.933. The van der Waals surface area contributed by atoms with Crippen LogP contribution in [0.1, 0.15) is 52.4 Å². The standard InChI is InChI=1S/C24H27N7O2.C22H20BrN7O.C22H25N7O.C19H19N7O.C18H18N6O2/c32-24(29-21-17-26-7-6-22(21)31-11-9-25-10-12-31)20-5-8-27-23(28-20)18-1-3-19(4-2-18)30-13-15-33-16-14-30;23-15-1-2-16-14(11-15)12-18(27-16)21-26-6-3-17(28-21)22(31)29-19-13-25-5-4-20(19)30-9-7-24-8-10-30;1-28(2)17-5-3-4-16(14-17)21-25-9-6-18(26-21)22(30)27-19-15-24-8-7-20(19)29-12-10-23-11-13-29;27-19(15-3-7-23-18(24-15)14-2-1-5-21-12-14)25-16-13-22-6-4-17(16)26-10-8-20-9-11-26;25-18(14-1-5-21-17(22-14)13-3-10-26-12-13)23-15-11-20-4-2-16(15)24-8-6-19-7-9-24/h1-8,17,25H,9-16H2,(H,29,32);1-6,11-13,24,27H,7-10H2,(H,29,31);3-9,14-15,23H,10-13H2,1-2H3,(H,27,30);1-7,12-13,20H,8-11H2,(H,25,27);1-5,10-12,19H,6-9H2,(H,23,25). The lowest BCUT2D eigenvalue weighted by Gasteiger charge is -2.30. The molecule has 41 nitrogen and oxygen atoms in total. The first-order chi connectivity index (χ1) is 72.2. The van der Waals surface area contributed by atoms with Crippen molar-refractivity contribution in [2.75, 3.05) is 232 Å². The van der Waals surface area contributed by atoms with Crippen molar-refractivity contribution in [3.63, 3.8) is 0 Å². The summed E-state index contributed by atoms with van der Waals surface area (Å²) in [4.78, 5) is 152. The third-order valence-electron chi connectivity index (χ3n) is 24.6. The fraction of sp³-hybridized carbons (Fsp3) is 0.248. The first kappa shape index (κ1) is 100.